The monoisotopic (exact) mass is 556 g/mol. The topological polar surface area (TPSA) is 0 Å². The van der Waals surface area contributed by atoms with Gasteiger partial charge in [-0.05, 0) is 99.4 Å². The van der Waals surface area contributed by atoms with Crippen molar-refractivity contribution in [3.05, 3.63) is 170 Å². The lowest BCUT2D eigenvalue weighted by molar-refractivity contribution is 1.63. The zero-order valence-corrected chi connectivity index (χ0v) is 24.2. The Kier molecular flexibility index (Phi) is 5.61. The summed E-state index contributed by atoms with van der Waals surface area (Å²) >= 11 is 0. The molecule has 44 heavy (non-hydrogen) atoms. The maximum absolute atomic E-state index is 2.43. The molecule has 0 aliphatic heterocycles. The van der Waals surface area contributed by atoms with E-state index in [0.717, 1.165) is 0 Å². The molecule has 0 radical (unpaired) electrons. The minimum atomic E-state index is 1.25. The molecule has 0 N–H and O–H groups in total. The van der Waals surface area contributed by atoms with Gasteiger partial charge in [-0.2, -0.15) is 0 Å². The highest BCUT2D eigenvalue weighted by molar-refractivity contribution is 6.27. The highest BCUT2D eigenvalue weighted by Gasteiger charge is 2.17. The maximum Gasteiger partial charge on any atom is -0.00259 e. The molecule has 0 heterocycles. The number of fused-ring (bicyclic) bond motifs is 7. The van der Waals surface area contributed by atoms with Gasteiger partial charge in [-0.1, -0.05) is 158 Å². The van der Waals surface area contributed by atoms with E-state index in [0.29, 0.717) is 0 Å². The van der Waals surface area contributed by atoms with Crippen LogP contribution in [0.1, 0.15) is 0 Å². The van der Waals surface area contributed by atoms with E-state index in [2.05, 4.69) is 170 Å². The molecule has 0 aliphatic rings. The normalized spacial score (nSPS) is 11.6. The van der Waals surface area contributed by atoms with E-state index in [1.165, 1.54) is 87.2 Å². The van der Waals surface area contributed by atoms with Gasteiger partial charge in [0.25, 0.3) is 0 Å². The molecule has 0 atom stereocenters. The number of rotatable bonds is 3. The van der Waals surface area contributed by atoms with Crippen molar-refractivity contribution in [3.8, 4) is 33.4 Å². The molecule has 0 bridgehead atoms. The summed E-state index contributed by atoms with van der Waals surface area (Å²) in [6.45, 7) is 0. The van der Waals surface area contributed by atoms with Crippen LogP contribution in [-0.2, 0) is 0 Å². The average Bonchev–Trinajstić information content (AvgIpc) is 3.10. The van der Waals surface area contributed by atoms with E-state index in [1.807, 2.05) is 0 Å². The van der Waals surface area contributed by atoms with Crippen LogP contribution >= 0.6 is 0 Å². The van der Waals surface area contributed by atoms with Gasteiger partial charge in [0.1, 0.15) is 0 Å². The zero-order chi connectivity index (χ0) is 29.0. The molecule has 9 aromatic rings. The van der Waals surface area contributed by atoms with Gasteiger partial charge in [0.15, 0.2) is 0 Å². The molecular formula is C44H28. The van der Waals surface area contributed by atoms with Crippen molar-refractivity contribution in [2.45, 2.75) is 0 Å². The van der Waals surface area contributed by atoms with Crippen LogP contribution in [-0.4, -0.2) is 0 Å². The Balaban J connectivity index is 1.40. The molecular weight excluding hydrogens is 528 g/mol. The second-order valence-electron chi connectivity index (χ2n) is 11.6. The van der Waals surface area contributed by atoms with Crippen molar-refractivity contribution in [1.82, 2.24) is 0 Å². The summed E-state index contributed by atoms with van der Waals surface area (Å²) in [4.78, 5) is 0. The SMILES string of the molecule is c1ccc(-c2cc3cc(-c4cccc5ccccc45)c4ccccc4c3c3ccccc23)c(-c2cccc3ccccc23)c1. The Morgan fingerprint density at radius 1 is 0.205 bits per heavy atom. The highest BCUT2D eigenvalue weighted by atomic mass is 14.2. The molecule has 204 valence electrons. The van der Waals surface area contributed by atoms with Gasteiger partial charge in [0.05, 0.1) is 0 Å². The standard InChI is InChI=1S/C44H28/c1-3-17-32-29(13-1)15-11-25-34(32)36-19-5-6-20-37(36)43-28-31-27-42(35-26-12-16-30-14-2-4-18-33(30)35)38-21-7-9-23-40(38)44(31)41-24-10-8-22-39(41)43/h1-28H. The Morgan fingerprint density at radius 2 is 0.545 bits per heavy atom. The third kappa shape index (κ3) is 3.78. The van der Waals surface area contributed by atoms with Crippen molar-refractivity contribution in [2.24, 2.45) is 0 Å². The molecule has 0 saturated heterocycles. The van der Waals surface area contributed by atoms with Crippen LogP contribution in [0.15, 0.2) is 170 Å². The summed E-state index contributed by atoms with van der Waals surface area (Å²) in [6.07, 6.45) is 0. The van der Waals surface area contributed by atoms with Crippen molar-refractivity contribution in [1.29, 1.82) is 0 Å². The first-order valence-corrected chi connectivity index (χ1v) is 15.3. The zero-order valence-electron chi connectivity index (χ0n) is 24.2. The Morgan fingerprint density at radius 3 is 1.09 bits per heavy atom. The van der Waals surface area contributed by atoms with Crippen LogP contribution in [0, 0.1) is 0 Å². The number of hydrogen-bond donors (Lipinski definition) is 0. The van der Waals surface area contributed by atoms with Crippen LogP contribution in [0.5, 0.6) is 0 Å². The van der Waals surface area contributed by atoms with Crippen LogP contribution < -0.4 is 0 Å². The first-order chi connectivity index (χ1) is 21.8. The van der Waals surface area contributed by atoms with Crippen LogP contribution in [0.25, 0.3) is 87.2 Å². The summed E-state index contributed by atoms with van der Waals surface area (Å²) in [5.41, 5.74) is 7.57. The van der Waals surface area contributed by atoms with Crippen molar-refractivity contribution < 1.29 is 0 Å². The Hall–Kier alpha value is -5.72. The fourth-order valence-corrected chi connectivity index (χ4v) is 7.30. The Bertz CT molecular complexity index is 2540. The summed E-state index contributed by atoms with van der Waals surface area (Å²) in [6, 6.07) is 62.3. The predicted molar refractivity (Wildman–Crippen MR) is 190 cm³/mol. The van der Waals surface area contributed by atoms with E-state index in [4.69, 9.17) is 0 Å². The third-order valence-electron chi connectivity index (χ3n) is 9.24. The minimum absolute atomic E-state index is 1.25. The largest absolute Gasteiger partial charge is 0.0616 e. The van der Waals surface area contributed by atoms with E-state index in [9.17, 15) is 0 Å². The molecule has 0 amide bonds. The van der Waals surface area contributed by atoms with E-state index >= 15 is 0 Å². The van der Waals surface area contributed by atoms with Gasteiger partial charge in [-0.3, -0.25) is 0 Å². The predicted octanol–water partition coefficient (Wildman–Crippen LogP) is 12.5. The van der Waals surface area contributed by atoms with Gasteiger partial charge >= 0.3 is 0 Å². The smallest absolute Gasteiger partial charge is 0.00259 e. The maximum atomic E-state index is 2.43. The van der Waals surface area contributed by atoms with Gasteiger partial charge in [0.2, 0.25) is 0 Å². The fraction of sp³-hybridized carbons (Fsp3) is 0. The summed E-state index contributed by atoms with van der Waals surface area (Å²) in [5.74, 6) is 0. The number of benzene rings is 9. The van der Waals surface area contributed by atoms with Crippen molar-refractivity contribution in [3.63, 3.8) is 0 Å². The highest BCUT2D eigenvalue weighted by Crippen LogP contribution is 2.45. The van der Waals surface area contributed by atoms with Crippen molar-refractivity contribution in [2.75, 3.05) is 0 Å². The third-order valence-corrected chi connectivity index (χ3v) is 9.24. The fourth-order valence-electron chi connectivity index (χ4n) is 7.30. The van der Waals surface area contributed by atoms with Gasteiger partial charge < -0.3 is 0 Å². The lowest BCUT2D eigenvalue weighted by atomic mass is 9.85. The van der Waals surface area contributed by atoms with Gasteiger partial charge in [0, 0.05) is 0 Å². The quantitative estimate of drug-likeness (QED) is 0.190. The Labute approximate surface area is 256 Å². The minimum Gasteiger partial charge on any atom is -0.0616 e. The van der Waals surface area contributed by atoms with E-state index in [1.54, 1.807) is 0 Å². The second-order valence-corrected chi connectivity index (χ2v) is 11.6. The van der Waals surface area contributed by atoms with Gasteiger partial charge in [-0.25, -0.2) is 0 Å². The molecule has 9 aromatic carbocycles. The van der Waals surface area contributed by atoms with Crippen LogP contribution in [0.3, 0.4) is 0 Å². The molecule has 9 rings (SSSR count). The van der Waals surface area contributed by atoms with Crippen LogP contribution in [0.4, 0.5) is 0 Å². The average molecular weight is 557 g/mol. The molecule has 0 nitrogen and oxygen atoms in total. The first kappa shape index (κ1) is 24.8. The lowest BCUT2D eigenvalue weighted by Gasteiger charge is -2.18. The van der Waals surface area contributed by atoms with E-state index < -0.39 is 0 Å². The lowest BCUT2D eigenvalue weighted by Crippen LogP contribution is -1.91. The number of hydrogen-bond acceptors (Lipinski definition) is 0. The van der Waals surface area contributed by atoms with Crippen molar-refractivity contribution >= 4 is 53.9 Å². The molecule has 0 fully saturated rings. The molecule has 0 spiro atoms. The molecule has 0 heteroatoms. The van der Waals surface area contributed by atoms with E-state index in [-0.39, 0.29) is 0 Å². The van der Waals surface area contributed by atoms with Gasteiger partial charge in [-0.15, -0.1) is 0 Å². The first-order valence-electron chi connectivity index (χ1n) is 15.3. The summed E-state index contributed by atoms with van der Waals surface area (Å²) in [7, 11) is 0. The second kappa shape index (κ2) is 9.93. The molecule has 0 saturated carbocycles. The summed E-state index contributed by atoms with van der Waals surface area (Å²) < 4.78 is 0. The van der Waals surface area contributed by atoms with Crippen LogP contribution in [0.2, 0.25) is 0 Å². The molecule has 0 aromatic heterocycles. The molecule has 0 aliphatic carbocycles. The summed E-state index contributed by atoms with van der Waals surface area (Å²) in [5, 5.41) is 12.8. The molecule has 0 unspecified atom stereocenters.